The van der Waals surface area contributed by atoms with Crippen LogP contribution in [0.2, 0.25) is 0 Å². The minimum atomic E-state index is -4.94. The summed E-state index contributed by atoms with van der Waals surface area (Å²) >= 11 is 0. The second kappa shape index (κ2) is 8.28. The second-order valence-electron chi connectivity index (χ2n) is 6.89. The third-order valence-electron chi connectivity index (χ3n) is 4.77. The molecule has 1 aromatic heterocycles. The van der Waals surface area contributed by atoms with Gasteiger partial charge in [0.15, 0.2) is 11.7 Å². The molecule has 8 nitrogen and oxygen atoms in total. The molecule has 0 fully saturated rings. The van der Waals surface area contributed by atoms with Crippen LogP contribution in [0, 0.1) is 6.92 Å². The highest BCUT2D eigenvalue weighted by Gasteiger charge is 2.42. The van der Waals surface area contributed by atoms with Crippen molar-refractivity contribution in [3.8, 4) is 16.9 Å². The number of hydrogen-bond acceptors (Lipinski definition) is 5. The molecule has 0 aliphatic carbocycles. The number of methoxy groups -OCH3 is 1. The number of rotatable bonds is 6. The lowest BCUT2D eigenvalue weighted by Crippen LogP contribution is -2.26. The molecule has 1 unspecified atom stereocenters. The molecule has 0 radical (unpaired) electrons. The minimum Gasteiger partial charge on any atom is -0.496 e. The Bertz CT molecular complexity index is 1270. The monoisotopic (exact) mass is 469 g/mol. The number of nitrogens with zero attached hydrogens (tertiary/aromatic N) is 2. The Balaban J connectivity index is 2.19. The highest BCUT2D eigenvalue weighted by molar-refractivity contribution is 7.89. The van der Waals surface area contributed by atoms with E-state index in [1.807, 2.05) is 0 Å². The number of alkyl halides is 3. The SMILES string of the molecule is COc1ccc(-c2cnn(C(C(=O)O)c3ccc(S(N)(=O)=O)cc3)c2C(F)(F)F)cc1C. The number of hydrogen-bond donors (Lipinski definition) is 2. The molecule has 1 atom stereocenters. The van der Waals surface area contributed by atoms with Gasteiger partial charge in [-0.2, -0.15) is 18.3 Å². The maximum Gasteiger partial charge on any atom is 0.433 e. The van der Waals surface area contributed by atoms with E-state index in [0.717, 1.165) is 30.5 Å². The summed E-state index contributed by atoms with van der Waals surface area (Å²) in [6.07, 6.45) is -3.99. The minimum absolute atomic E-state index is 0.115. The lowest BCUT2D eigenvalue weighted by Gasteiger charge is -2.19. The molecule has 3 aromatic rings. The van der Waals surface area contributed by atoms with Gasteiger partial charge in [0.05, 0.1) is 18.2 Å². The Kier molecular flexibility index (Phi) is 6.03. The van der Waals surface area contributed by atoms with Gasteiger partial charge < -0.3 is 9.84 Å². The van der Waals surface area contributed by atoms with Crippen LogP contribution in [0.4, 0.5) is 13.2 Å². The highest BCUT2D eigenvalue weighted by Crippen LogP contribution is 2.40. The van der Waals surface area contributed by atoms with E-state index in [1.54, 1.807) is 6.92 Å². The number of aryl methyl sites for hydroxylation is 1. The van der Waals surface area contributed by atoms with Crippen LogP contribution in [0.5, 0.6) is 5.75 Å². The van der Waals surface area contributed by atoms with Gasteiger partial charge in [-0.3, -0.25) is 0 Å². The average Bonchev–Trinajstić information content (AvgIpc) is 3.12. The topological polar surface area (TPSA) is 125 Å². The van der Waals surface area contributed by atoms with E-state index >= 15 is 0 Å². The summed E-state index contributed by atoms with van der Waals surface area (Å²) in [5.74, 6) is -1.13. The van der Waals surface area contributed by atoms with Gasteiger partial charge in [-0.15, -0.1) is 0 Å². The molecule has 0 saturated carbocycles. The fraction of sp³-hybridized carbons (Fsp3) is 0.200. The highest BCUT2D eigenvalue weighted by atomic mass is 32.2. The number of primary sulfonamides is 1. The molecule has 0 aliphatic heterocycles. The Hall–Kier alpha value is -3.38. The van der Waals surface area contributed by atoms with Crippen LogP contribution in [0.15, 0.2) is 53.6 Å². The van der Waals surface area contributed by atoms with Crippen molar-refractivity contribution in [1.29, 1.82) is 0 Å². The van der Waals surface area contributed by atoms with Crippen LogP contribution in [0.1, 0.15) is 22.9 Å². The predicted molar refractivity (Wildman–Crippen MR) is 108 cm³/mol. The number of ether oxygens (including phenoxy) is 1. The fourth-order valence-corrected chi connectivity index (χ4v) is 3.84. The number of halogens is 3. The van der Waals surface area contributed by atoms with Gasteiger partial charge in [0.2, 0.25) is 10.0 Å². The average molecular weight is 469 g/mol. The number of carboxylic acids is 1. The summed E-state index contributed by atoms with van der Waals surface area (Å²) in [5.41, 5.74) is -0.925. The molecule has 0 bridgehead atoms. The van der Waals surface area contributed by atoms with E-state index in [2.05, 4.69) is 5.10 Å². The zero-order valence-corrected chi connectivity index (χ0v) is 17.6. The van der Waals surface area contributed by atoms with Gasteiger partial charge in [0.25, 0.3) is 0 Å². The molecule has 3 N–H and O–H groups in total. The van der Waals surface area contributed by atoms with Gasteiger partial charge in [0.1, 0.15) is 5.75 Å². The van der Waals surface area contributed by atoms with Gasteiger partial charge in [-0.1, -0.05) is 18.2 Å². The van der Waals surface area contributed by atoms with Crippen molar-refractivity contribution in [3.63, 3.8) is 0 Å². The summed E-state index contributed by atoms with van der Waals surface area (Å²) in [7, 11) is -2.63. The van der Waals surface area contributed by atoms with Crippen molar-refractivity contribution >= 4 is 16.0 Å². The summed E-state index contributed by atoms with van der Waals surface area (Å²) in [5, 5.41) is 18.5. The number of aromatic nitrogens is 2. The van der Waals surface area contributed by atoms with Crippen LogP contribution in [0.3, 0.4) is 0 Å². The van der Waals surface area contributed by atoms with E-state index in [0.29, 0.717) is 16.0 Å². The molecule has 32 heavy (non-hydrogen) atoms. The number of carbonyl (C=O) groups is 1. The first-order valence-electron chi connectivity index (χ1n) is 9.00. The maximum atomic E-state index is 14.1. The molecule has 0 amide bonds. The summed E-state index contributed by atoms with van der Waals surface area (Å²) in [4.78, 5) is 11.6. The molecule has 1 heterocycles. The Morgan fingerprint density at radius 3 is 2.28 bits per heavy atom. The van der Waals surface area contributed by atoms with Gasteiger partial charge in [-0.05, 0) is 47.9 Å². The molecule has 0 aliphatic rings. The smallest absolute Gasteiger partial charge is 0.433 e. The van der Waals surface area contributed by atoms with E-state index < -0.39 is 33.9 Å². The van der Waals surface area contributed by atoms with Crippen LogP contribution in [0.25, 0.3) is 11.1 Å². The van der Waals surface area contributed by atoms with Crippen molar-refractivity contribution in [3.05, 3.63) is 65.5 Å². The molecular weight excluding hydrogens is 451 g/mol. The van der Waals surface area contributed by atoms with Crippen molar-refractivity contribution in [2.75, 3.05) is 7.11 Å². The van der Waals surface area contributed by atoms with Gasteiger partial charge in [0, 0.05) is 5.56 Å². The molecule has 0 spiro atoms. The lowest BCUT2D eigenvalue weighted by molar-refractivity contribution is -0.148. The van der Waals surface area contributed by atoms with E-state index in [4.69, 9.17) is 9.88 Å². The number of sulfonamides is 1. The molecule has 0 saturated heterocycles. The second-order valence-corrected chi connectivity index (χ2v) is 8.45. The third-order valence-corrected chi connectivity index (χ3v) is 5.70. The lowest BCUT2D eigenvalue weighted by atomic mass is 10.0. The zero-order chi connectivity index (χ0) is 23.8. The van der Waals surface area contributed by atoms with Crippen molar-refractivity contribution < 1.29 is 36.2 Å². The number of nitrogens with two attached hydrogens (primary N) is 1. The molecular formula is C20H18F3N3O5S. The van der Waals surface area contributed by atoms with Crippen LogP contribution in [-0.4, -0.2) is 36.4 Å². The number of benzene rings is 2. The predicted octanol–water partition coefficient (Wildman–Crippen LogP) is 3.21. The Labute approximate surface area is 181 Å². The van der Waals surface area contributed by atoms with Crippen molar-refractivity contribution in [2.45, 2.75) is 24.0 Å². The van der Waals surface area contributed by atoms with E-state index in [1.165, 1.54) is 25.3 Å². The quantitative estimate of drug-likeness (QED) is 0.571. The first-order chi connectivity index (χ1) is 14.8. The molecule has 170 valence electrons. The van der Waals surface area contributed by atoms with Crippen molar-refractivity contribution in [2.24, 2.45) is 5.14 Å². The maximum absolute atomic E-state index is 14.1. The standard InChI is InChI=1S/C20H18F3N3O5S/c1-11-9-13(5-8-16(11)31-2)15-10-25-26(18(15)20(21,22)23)17(19(27)28)12-3-6-14(7-4-12)32(24,29)30/h3-10,17H,1-2H3,(H,27,28)(H2,24,29,30). The first kappa shape index (κ1) is 23.3. The van der Waals surface area contributed by atoms with E-state index in [9.17, 15) is 31.5 Å². The summed E-state index contributed by atoms with van der Waals surface area (Å²) in [6, 6.07) is 6.73. The van der Waals surface area contributed by atoms with Gasteiger partial charge in [-0.25, -0.2) is 23.0 Å². The number of carboxylic acid groups (broad SMARTS) is 1. The largest absolute Gasteiger partial charge is 0.496 e. The first-order valence-corrected chi connectivity index (χ1v) is 10.5. The van der Waals surface area contributed by atoms with Crippen molar-refractivity contribution in [1.82, 2.24) is 9.78 Å². The van der Waals surface area contributed by atoms with Gasteiger partial charge >= 0.3 is 12.1 Å². The molecule has 2 aromatic carbocycles. The van der Waals surface area contributed by atoms with Crippen LogP contribution >= 0.6 is 0 Å². The fourth-order valence-electron chi connectivity index (χ4n) is 3.33. The van der Waals surface area contributed by atoms with Crippen LogP contribution < -0.4 is 9.88 Å². The molecule has 12 heteroatoms. The third kappa shape index (κ3) is 4.46. The number of aliphatic carboxylic acids is 1. The van der Waals surface area contributed by atoms with Crippen LogP contribution in [-0.2, 0) is 21.0 Å². The zero-order valence-electron chi connectivity index (χ0n) is 16.8. The summed E-state index contributed by atoms with van der Waals surface area (Å²) in [6.45, 7) is 1.66. The normalized spacial score (nSPS) is 13.1. The van der Waals surface area contributed by atoms with E-state index in [-0.39, 0.29) is 21.6 Å². The Morgan fingerprint density at radius 2 is 1.81 bits per heavy atom. The molecule has 3 rings (SSSR count). The Morgan fingerprint density at radius 1 is 1.19 bits per heavy atom. The summed E-state index contributed by atoms with van der Waals surface area (Å²) < 4.78 is 70.5.